The molecule has 128 valence electrons. The molecule has 0 bridgehead atoms. The van der Waals surface area contributed by atoms with E-state index in [0.29, 0.717) is 17.3 Å². The van der Waals surface area contributed by atoms with Gasteiger partial charge in [-0.15, -0.1) is 0 Å². The lowest BCUT2D eigenvalue weighted by atomic mass is 10.0. The third-order valence-electron chi connectivity index (χ3n) is 3.43. The van der Waals surface area contributed by atoms with Crippen molar-refractivity contribution >= 4 is 28.5 Å². The van der Waals surface area contributed by atoms with Crippen molar-refractivity contribution in [3.05, 3.63) is 17.5 Å². The van der Waals surface area contributed by atoms with Crippen LogP contribution in [0.3, 0.4) is 0 Å². The molecule has 1 aromatic rings. The minimum atomic E-state index is -1.34. The third kappa shape index (κ3) is 5.42. The fraction of sp³-hybridized carbons (Fsp3) is 0.667. The highest BCUT2D eigenvalue weighted by Gasteiger charge is 2.31. The van der Waals surface area contributed by atoms with Gasteiger partial charge in [-0.05, 0) is 57.7 Å². The molecule has 0 aliphatic carbocycles. The van der Waals surface area contributed by atoms with Crippen LogP contribution in [0, 0.1) is 0 Å². The van der Waals surface area contributed by atoms with E-state index in [-0.39, 0.29) is 17.4 Å². The summed E-state index contributed by atoms with van der Waals surface area (Å²) in [6.45, 7) is 6.14. The van der Waals surface area contributed by atoms with Crippen molar-refractivity contribution in [3.63, 3.8) is 0 Å². The predicted molar refractivity (Wildman–Crippen MR) is 88.9 cm³/mol. The van der Waals surface area contributed by atoms with Crippen molar-refractivity contribution in [2.75, 3.05) is 12.3 Å². The van der Waals surface area contributed by atoms with Crippen LogP contribution >= 0.6 is 11.6 Å². The lowest BCUT2D eigenvalue weighted by molar-refractivity contribution is 0.0125. The molecule has 2 heterocycles. The maximum Gasteiger partial charge on any atom is 0.410 e. The first-order chi connectivity index (χ1) is 10.8. The number of nitrogens with zero attached hydrogens (tertiary/aromatic N) is 3. The molecule has 1 aromatic heterocycles. The first kappa shape index (κ1) is 18.1. The second-order valence-corrected chi connectivity index (χ2v) is 8.28. The molecular formula is C15H22ClN3O3S. The number of halogens is 1. The van der Waals surface area contributed by atoms with Crippen molar-refractivity contribution in [1.29, 1.82) is 0 Å². The monoisotopic (exact) mass is 359 g/mol. The van der Waals surface area contributed by atoms with Gasteiger partial charge in [-0.2, -0.15) is 0 Å². The summed E-state index contributed by atoms with van der Waals surface area (Å²) in [6, 6.07) is 1.47. The molecule has 1 aliphatic heterocycles. The van der Waals surface area contributed by atoms with Gasteiger partial charge in [0, 0.05) is 18.8 Å². The highest BCUT2D eigenvalue weighted by atomic mass is 35.5. The molecule has 2 rings (SSSR count). The van der Waals surface area contributed by atoms with Gasteiger partial charge in [0.15, 0.2) is 0 Å². The number of ether oxygens (including phenoxy) is 1. The first-order valence-corrected chi connectivity index (χ1v) is 9.32. The number of rotatable bonds is 3. The molecule has 0 unspecified atom stereocenters. The van der Waals surface area contributed by atoms with Gasteiger partial charge in [0.2, 0.25) is 5.28 Å². The van der Waals surface area contributed by atoms with Gasteiger partial charge >= 0.3 is 6.09 Å². The fourth-order valence-electron chi connectivity index (χ4n) is 2.44. The molecule has 6 nitrogen and oxygen atoms in total. The van der Waals surface area contributed by atoms with Crippen molar-refractivity contribution in [3.8, 4) is 0 Å². The molecule has 0 spiro atoms. The molecule has 1 aliphatic rings. The molecule has 0 radical (unpaired) electrons. The van der Waals surface area contributed by atoms with E-state index in [2.05, 4.69) is 9.97 Å². The summed E-state index contributed by atoms with van der Waals surface area (Å²) in [5, 5.41) is 0.461. The van der Waals surface area contributed by atoms with E-state index in [9.17, 15) is 9.00 Å². The Balaban J connectivity index is 2.06. The Labute approximate surface area is 144 Å². The average Bonchev–Trinajstić information content (AvgIpc) is 2.46. The minimum absolute atomic E-state index is 0.0727. The van der Waals surface area contributed by atoms with Gasteiger partial charge in [-0.25, -0.2) is 14.8 Å². The Morgan fingerprint density at radius 2 is 2.22 bits per heavy atom. The van der Waals surface area contributed by atoms with Crippen LogP contribution in [0.25, 0.3) is 0 Å². The van der Waals surface area contributed by atoms with Gasteiger partial charge in [0.05, 0.1) is 16.6 Å². The van der Waals surface area contributed by atoms with Crippen LogP contribution in [0.1, 0.15) is 40.0 Å². The van der Waals surface area contributed by atoms with Gasteiger partial charge in [-0.1, -0.05) is 0 Å². The third-order valence-corrected chi connectivity index (χ3v) is 5.00. The van der Waals surface area contributed by atoms with Crippen LogP contribution in [0.15, 0.2) is 17.3 Å². The standard InChI is InChI=1S/C15H22ClN3O3S/c1-15(2,3)22-14(20)19-9-5-4-6-11(19)10-23(21)12-7-8-17-13(16)18-12/h7-8,11H,4-6,9-10H2,1-3H3/t11-,23-/m0/s1. The van der Waals surface area contributed by atoms with Gasteiger partial charge in [0.1, 0.15) is 10.6 Å². The summed E-state index contributed by atoms with van der Waals surface area (Å²) in [7, 11) is -1.34. The lowest BCUT2D eigenvalue weighted by Gasteiger charge is -2.36. The number of aromatic nitrogens is 2. The van der Waals surface area contributed by atoms with Crippen LogP contribution in [-0.2, 0) is 15.5 Å². The normalized spacial score (nSPS) is 20.2. The Kier molecular flexibility index (Phi) is 5.97. The predicted octanol–water partition coefficient (Wildman–Crippen LogP) is 3.03. The number of hydrogen-bond acceptors (Lipinski definition) is 5. The van der Waals surface area contributed by atoms with Gasteiger partial charge < -0.3 is 9.64 Å². The van der Waals surface area contributed by atoms with E-state index in [1.807, 2.05) is 20.8 Å². The molecule has 1 amide bonds. The quantitative estimate of drug-likeness (QED) is 0.612. The lowest BCUT2D eigenvalue weighted by Crippen LogP contribution is -2.48. The molecule has 2 atom stereocenters. The zero-order valence-electron chi connectivity index (χ0n) is 13.6. The molecule has 0 N–H and O–H groups in total. The summed E-state index contributed by atoms with van der Waals surface area (Å²) >= 11 is 5.74. The second-order valence-electron chi connectivity index (χ2n) is 6.50. The number of carbonyl (C=O) groups is 1. The topological polar surface area (TPSA) is 72.4 Å². The number of amides is 1. The largest absolute Gasteiger partial charge is 0.444 e. The van der Waals surface area contributed by atoms with E-state index in [1.54, 1.807) is 11.0 Å². The highest BCUT2D eigenvalue weighted by Crippen LogP contribution is 2.22. The van der Waals surface area contributed by atoms with Crippen molar-refractivity contribution in [1.82, 2.24) is 14.9 Å². The smallest absolute Gasteiger partial charge is 0.410 e. The van der Waals surface area contributed by atoms with Crippen molar-refractivity contribution in [2.24, 2.45) is 0 Å². The van der Waals surface area contributed by atoms with Gasteiger partial charge in [0.25, 0.3) is 0 Å². The Hall–Kier alpha value is -1.21. The zero-order valence-corrected chi connectivity index (χ0v) is 15.2. The molecule has 0 saturated carbocycles. The maximum atomic E-state index is 12.5. The second kappa shape index (κ2) is 7.57. The highest BCUT2D eigenvalue weighted by molar-refractivity contribution is 7.85. The van der Waals surface area contributed by atoms with E-state index >= 15 is 0 Å². The van der Waals surface area contributed by atoms with Crippen molar-refractivity contribution < 1.29 is 13.7 Å². The molecular weight excluding hydrogens is 338 g/mol. The molecule has 1 fully saturated rings. The van der Waals surface area contributed by atoms with Crippen molar-refractivity contribution in [2.45, 2.75) is 56.7 Å². The summed E-state index contributed by atoms with van der Waals surface area (Å²) in [5.74, 6) is 0.326. The van der Waals surface area contributed by atoms with Crippen LogP contribution in [0.4, 0.5) is 4.79 Å². The Morgan fingerprint density at radius 3 is 2.87 bits per heavy atom. The number of likely N-dealkylation sites (tertiary alicyclic amines) is 1. The minimum Gasteiger partial charge on any atom is -0.444 e. The maximum absolute atomic E-state index is 12.5. The Morgan fingerprint density at radius 1 is 1.48 bits per heavy atom. The first-order valence-electron chi connectivity index (χ1n) is 7.63. The average molecular weight is 360 g/mol. The number of carbonyl (C=O) groups excluding carboxylic acids is 1. The molecule has 0 aromatic carbocycles. The fourth-order valence-corrected chi connectivity index (χ4v) is 3.91. The summed E-state index contributed by atoms with van der Waals surface area (Å²) in [4.78, 5) is 21.8. The van der Waals surface area contributed by atoms with Crippen LogP contribution in [0.5, 0.6) is 0 Å². The summed E-state index contributed by atoms with van der Waals surface area (Å²) < 4.78 is 18.0. The SMILES string of the molecule is CC(C)(C)OC(=O)N1CCCC[C@H]1C[S@](=O)c1ccnc(Cl)n1. The number of hydrogen-bond donors (Lipinski definition) is 0. The molecule has 23 heavy (non-hydrogen) atoms. The summed E-state index contributed by atoms with van der Waals surface area (Å²) in [5.41, 5.74) is -0.543. The summed E-state index contributed by atoms with van der Waals surface area (Å²) in [6.07, 6.45) is 3.88. The molecule has 1 saturated heterocycles. The molecule has 8 heteroatoms. The van der Waals surface area contributed by atoms with Crippen LogP contribution in [0.2, 0.25) is 5.28 Å². The van der Waals surface area contributed by atoms with Crippen LogP contribution < -0.4 is 0 Å². The van der Waals surface area contributed by atoms with Gasteiger partial charge in [-0.3, -0.25) is 4.21 Å². The van der Waals surface area contributed by atoms with Crippen LogP contribution in [-0.4, -0.2) is 49.1 Å². The van der Waals surface area contributed by atoms with E-state index < -0.39 is 16.4 Å². The Bertz CT molecular complexity index is 592. The van der Waals surface area contributed by atoms with E-state index in [1.165, 1.54) is 6.20 Å². The van der Waals surface area contributed by atoms with E-state index in [0.717, 1.165) is 19.3 Å². The number of piperidine rings is 1. The van der Waals surface area contributed by atoms with E-state index in [4.69, 9.17) is 16.3 Å². The zero-order chi connectivity index (χ0) is 17.0.